The highest BCUT2D eigenvalue weighted by Crippen LogP contribution is 2.49. The third-order valence-corrected chi connectivity index (χ3v) is 3.38. The van der Waals surface area contributed by atoms with Gasteiger partial charge >= 0.3 is 0 Å². The van der Waals surface area contributed by atoms with E-state index in [4.69, 9.17) is 5.73 Å². The van der Waals surface area contributed by atoms with E-state index < -0.39 is 19.0 Å². The summed E-state index contributed by atoms with van der Waals surface area (Å²) in [5.41, 5.74) is 4.91. The summed E-state index contributed by atoms with van der Waals surface area (Å²) in [6.07, 6.45) is 4.29. The van der Waals surface area contributed by atoms with Crippen molar-refractivity contribution in [3.8, 4) is 0 Å². The largest absolute Gasteiger partial charge is 0.350 e. The molecule has 2 aliphatic carbocycles. The number of rotatable bonds is 6. The van der Waals surface area contributed by atoms with Crippen molar-refractivity contribution in [1.82, 2.24) is 5.32 Å². The van der Waals surface area contributed by atoms with Gasteiger partial charge in [0.1, 0.15) is 0 Å². The van der Waals surface area contributed by atoms with Crippen molar-refractivity contribution in [2.75, 3.05) is 13.1 Å². The minimum atomic E-state index is -2.98. The second-order valence-electron chi connectivity index (χ2n) is 4.98. The van der Waals surface area contributed by atoms with Crippen LogP contribution in [-0.2, 0) is 4.79 Å². The summed E-state index contributed by atoms with van der Waals surface area (Å²) in [4.78, 5) is 11.8. The summed E-state index contributed by atoms with van der Waals surface area (Å²) < 4.78 is 25.7. The maximum absolute atomic E-state index is 12.9. The third kappa shape index (κ3) is 2.90. The van der Waals surface area contributed by atoms with Gasteiger partial charge in [0.2, 0.25) is 5.91 Å². The molecule has 1 amide bonds. The van der Waals surface area contributed by atoms with Gasteiger partial charge in [0.05, 0.1) is 13.1 Å². The fraction of sp³-hybridized carbons (Fsp3) is 0.909. The molecule has 0 atom stereocenters. The molecular weight excluding hydrogens is 214 g/mol. The van der Waals surface area contributed by atoms with Gasteiger partial charge in [0.25, 0.3) is 5.92 Å². The van der Waals surface area contributed by atoms with E-state index in [-0.39, 0.29) is 11.8 Å². The Bertz CT molecular complexity index is 263. The molecule has 3 N–H and O–H groups in total. The van der Waals surface area contributed by atoms with Crippen LogP contribution in [0.4, 0.5) is 8.78 Å². The summed E-state index contributed by atoms with van der Waals surface area (Å²) in [6.45, 7) is -1.34. The van der Waals surface area contributed by atoms with Crippen LogP contribution in [-0.4, -0.2) is 24.9 Å². The number of amides is 1. The van der Waals surface area contributed by atoms with Gasteiger partial charge in [-0.1, -0.05) is 0 Å². The minimum Gasteiger partial charge on any atom is -0.350 e. The molecule has 0 aromatic carbocycles. The molecule has 0 aliphatic heterocycles. The fourth-order valence-corrected chi connectivity index (χ4v) is 2.13. The lowest BCUT2D eigenvalue weighted by atomic mass is 9.97. The first-order valence-corrected chi connectivity index (χ1v) is 5.89. The lowest BCUT2D eigenvalue weighted by Crippen LogP contribution is -2.44. The molecule has 2 rings (SSSR count). The van der Waals surface area contributed by atoms with Crippen LogP contribution < -0.4 is 11.1 Å². The Labute approximate surface area is 93.8 Å². The van der Waals surface area contributed by atoms with Gasteiger partial charge in [-0.2, -0.15) is 0 Å². The first-order chi connectivity index (χ1) is 7.53. The standard InChI is InChI=1S/C11H18F2N2O/c12-11(13,5-14)6-15-10(16)9(7-1-2-7)8-3-4-8/h7-9H,1-6,14H2,(H,15,16). The van der Waals surface area contributed by atoms with Crippen LogP contribution >= 0.6 is 0 Å². The Balaban J connectivity index is 1.81. The van der Waals surface area contributed by atoms with Gasteiger partial charge in [-0.15, -0.1) is 0 Å². The molecule has 2 saturated carbocycles. The molecule has 2 aliphatic rings. The van der Waals surface area contributed by atoms with Crippen molar-refractivity contribution < 1.29 is 13.6 Å². The Kier molecular flexibility index (Phi) is 3.15. The zero-order valence-corrected chi connectivity index (χ0v) is 9.22. The minimum absolute atomic E-state index is 0.0198. The van der Waals surface area contributed by atoms with Crippen molar-refractivity contribution in [3.63, 3.8) is 0 Å². The number of nitrogens with two attached hydrogens (primary N) is 1. The second kappa shape index (κ2) is 4.28. The molecular formula is C11H18F2N2O. The van der Waals surface area contributed by atoms with Crippen molar-refractivity contribution in [2.24, 2.45) is 23.5 Å². The predicted molar refractivity (Wildman–Crippen MR) is 55.9 cm³/mol. The molecule has 0 aromatic rings. The molecule has 5 heteroatoms. The number of hydrogen-bond donors (Lipinski definition) is 2. The summed E-state index contributed by atoms with van der Waals surface area (Å²) in [6, 6.07) is 0. The normalized spacial score (nSPS) is 21.2. The van der Waals surface area contributed by atoms with Gasteiger partial charge in [0, 0.05) is 5.92 Å². The number of nitrogens with one attached hydrogen (secondary N) is 1. The smallest absolute Gasteiger partial charge is 0.277 e. The van der Waals surface area contributed by atoms with E-state index in [1.165, 1.54) is 0 Å². The Morgan fingerprint density at radius 2 is 1.81 bits per heavy atom. The van der Waals surface area contributed by atoms with Crippen LogP contribution in [0.3, 0.4) is 0 Å². The monoisotopic (exact) mass is 232 g/mol. The molecule has 0 heterocycles. The van der Waals surface area contributed by atoms with Crippen LogP contribution in [0.25, 0.3) is 0 Å². The van der Waals surface area contributed by atoms with Crippen molar-refractivity contribution in [3.05, 3.63) is 0 Å². The Morgan fingerprint density at radius 1 is 1.31 bits per heavy atom. The molecule has 0 radical (unpaired) electrons. The molecule has 16 heavy (non-hydrogen) atoms. The van der Waals surface area contributed by atoms with E-state index in [9.17, 15) is 13.6 Å². The van der Waals surface area contributed by atoms with Gasteiger partial charge in [-0.05, 0) is 37.5 Å². The number of hydrogen-bond acceptors (Lipinski definition) is 2. The number of alkyl halides is 2. The average molecular weight is 232 g/mol. The molecule has 0 bridgehead atoms. The van der Waals surface area contributed by atoms with E-state index in [1.807, 2.05) is 0 Å². The highest BCUT2D eigenvalue weighted by molar-refractivity contribution is 5.80. The second-order valence-corrected chi connectivity index (χ2v) is 4.98. The van der Waals surface area contributed by atoms with E-state index in [0.717, 1.165) is 25.7 Å². The third-order valence-electron chi connectivity index (χ3n) is 3.38. The molecule has 0 saturated heterocycles. The maximum Gasteiger partial charge on any atom is 0.277 e. The number of carbonyl (C=O) groups is 1. The first-order valence-electron chi connectivity index (χ1n) is 5.89. The molecule has 3 nitrogen and oxygen atoms in total. The summed E-state index contributed by atoms with van der Waals surface area (Å²) >= 11 is 0. The van der Waals surface area contributed by atoms with Crippen LogP contribution in [0.2, 0.25) is 0 Å². The fourth-order valence-electron chi connectivity index (χ4n) is 2.13. The highest BCUT2D eigenvalue weighted by atomic mass is 19.3. The van der Waals surface area contributed by atoms with E-state index >= 15 is 0 Å². The predicted octanol–water partition coefficient (Wildman–Crippen LogP) is 1.13. The molecule has 0 unspecified atom stereocenters. The molecule has 0 aromatic heterocycles. The van der Waals surface area contributed by atoms with Crippen LogP contribution in [0.15, 0.2) is 0 Å². The lowest BCUT2D eigenvalue weighted by molar-refractivity contribution is -0.128. The average Bonchev–Trinajstić information content (AvgIpc) is 3.09. The topological polar surface area (TPSA) is 55.1 Å². The van der Waals surface area contributed by atoms with Crippen LogP contribution in [0, 0.1) is 17.8 Å². The van der Waals surface area contributed by atoms with Gasteiger partial charge in [-0.3, -0.25) is 4.79 Å². The zero-order valence-electron chi connectivity index (χ0n) is 9.22. The maximum atomic E-state index is 12.9. The van der Waals surface area contributed by atoms with Gasteiger partial charge in [-0.25, -0.2) is 8.78 Å². The van der Waals surface area contributed by atoms with E-state index in [0.29, 0.717) is 11.8 Å². The van der Waals surface area contributed by atoms with Crippen molar-refractivity contribution in [1.29, 1.82) is 0 Å². The van der Waals surface area contributed by atoms with Crippen LogP contribution in [0.1, 0.15) is 25.7 Å². The summed E-state index contributed by atoms with van der Waals surface area (Å²) in [5.74, 6) is -2.31. The van der Waals surface area contributed by atoms with E-state index in [1.54, 1.807) is 0 Å². The zero-order chi connectivity index (χ0) is 11.8. The van der Waals surface area contributed by atoms with E-state index in [2.05, 4.69) is 5.32 Å². The van der Waals surface area contributed by atoms with Crippen LogP contribution in [0.5, 0.6) is 0 Å². The summed E-state index contributed by atoms with van der Waals surface area (Å²) in [7, 11) is 0. The number of carbonyl (C=O) groups excluding carboxylic acids is 1. The lowest BCUT2D eigenvalue weighted by Gasteiger charge is -2.19. The number of halogens is 2. The molecule has 92 valence electrons. The first kappa shape index (κ1) is 11.8. The van der Waals surface area contributed by atoms with Crippen molar-refractivity contribution >= 4 is 5.91 Å². The Morgan fingerprint density at radius 3 is 2.19 bits per heavy atom. The van der Waals surface area contributed by atoms with Gasteiger partial charge in [0.15, 0.2) is 0 Å². The van der Waals surface area contributed by atoms with Gasteiger partial charge < -0.3 is 11.1 Å². The summed E-state index contributed by atoms with van der Waals surface area (Å²) in [5, 5.41) is 2.35. The highest BCUT2D eigenvalue weighted by Gasteiger charge is 2.45. The molecule has 2 fully saturated rings. The van der Waals surface area contributed by atoms with Crippen molar-refractivity contribution in [2.45, 2.75) is 31.6 Å². The SMILES string of the molecule is NCC(F)(F)CNC(=O)C(C1CC1)C1CC1. The quantitative estimate of drug-likeness (QED) is 0.721. The molecule has 0 spiro atoms. The Hall–Kier alpha value is -0.710.